The summed E-state index contributed by atoms with van der Waals surface area (Å²) >= 11 is 0. The molecule has 4 N–H and O–H groups in total. The molecule has 1 aliphatic carbocycles. The topological polar surface area (TPSA) is 70.1 Å². The van der Waals surface area contributed by atoms with E-state index in [0.29, 0.717) is 6.54 Å². The van der Waals surface area contributed by atoms with Gasteiger partial charge in [0, 0.05) is 62.2 Å². The van der Waals surface area contributed by atoms with Crippen LogP contribution < -0.4 is 11.5 Å². The van der Waals surface area contributed by atoms with E-state index in [4.69, 9.17) is 15.9 Å². The third-order valence-corrected chi connectivity index (χ3v) is 8.60. The highest BCUT2D eigenvalue weighted by atomic mass is 16.3. The number of hydrogen-bond donors (Lipinski definition) is 2. The van der Waals surface area contributed by atoms with E-state index in [1.165, 1.54) is 38.5 Å². The van der Waals surface area contributed by atoms with E-state index in [0.717, 1.165) is 49.9 Å². The lowest BCUT2D eigenvalue weighted by Gasteiger charge is -2.14. The third kappa shape index (κ3) is 3.48. The zero-order valence-electron chi connectivity index (χ0n) is 23.3. The van der Waals surface area contributed by atoms with E-state index in [2.05, 4.69) is 102 Å². The van der Waals surface area contributed by atoms with Gasteiger partial charge in [-0.15, -0.1) is 0 Å². The van der Waals surface area contributed by atoms with Crippen LogP contribution in [0.3, 0.4) is 0 Å². The van der Waals surface area contributed by atoms with Crippen LogP contribution in [0.25, 0.3) is 66.0 Å². The largest absolute Gasteiger partial charge is 0.456 e. The quantitative estimate of drug-likeness (QED) is 0.233. The third-order valence-electron chi connectivity index (χ3n) is 8.60. The fraction of sp³-hybridized carbons (Fsp3) is 0.0526. The van der Waals surface area contributed by atoms with E-state index in [1.807, 2.05) is 25.1 Å². The molecule has 0 radical (unpaired) electrons. The summed E-state index contributed by atoms with van der Waals surface area (Å²) in [5.74, 6) is 0. The number of hydrogen-bond acceptors (Lipinski definition) is 3. The van der Waals surface area contributed by atoms with Crippen LogP contribution in [-0.2, 0) is 6.54 Å². The standard InChI is InChI=1S/C38H29N3O/c1-2-8-29-28-12-7-9-25(37(28)32(21-39)38(29)40)22-41-33-13-5-3-10-26(33)30-19-23(15-17-34(30)41)24-16-18-36-31(20-24)27-11-4-6-14-35(27)42-36/h2-21H,22,39-40H2,1H3/b8-2-,32-21+. The normalized spacial score (nSPS) is 14.5. The molecule has 0 saturated heterocycles. The molecule has 0 unspecified atom stereocenters. The Morgan fingerprint density at radius 3 is 2.26 bits per heavy atom. The summed E-state index contributed by atoms with van der Waals surface area (Å²) < 4.78 is 8.49. The molecule has 202 valence electrons. The summed E-state index contributed by atoms with van der Waals surface area (Å²) in [4.78, 5) is 0. The van der Waals surface area contributed by atoms with E-state index in [9.17, 15) is 0 Å². The number of rotatable bonds is 4. The van der Waals surface area contributed by atoms with Crippen molar-refractivity contribution in [1.82, 2.24) is 4.57 Å². The monoisotopic (exact) mass is 543 g/mol. The van der Waals surface area contributed by atoms with Crippen molar-refractivity contribution in [1.29, 1.82) is 0 Å². The Morgan fingerprint density at radius 1 is 0.714 bits per heavy atom. The van der Waals surface area contributed by atoms with Crippen molar-refractivity contribution in [3.8, 4) is 11.1 Å². The average Bonchev–Trinajstić information content (AvgIpc) is 3.65. The van der Waals surface area contributed by atoms with Crippen molar-refractivity contribution in [2.45, 2.75) is 13.5 Å². The summed E-state index contributed by atoms with van der Waals surface area (Å²) in [6.45, 7) is 2.71. The Hall–Kier alpha value is -5.48. The smallest absolute Gasteiger partial charge is 0.135 e. The van der Waals surface area contributed by atoms with Crippen molar-refractivity contribution in [3.63, 3.8) is 0 Å². The van der Waals surface area contributed by atoms with Crippen molar-refractivity contribution < 1.29 is 4.42 Å². The van der Waals surface area contributed by atoms with E-state index in [1.54, 1.807) is 6.20 Å². The lowest BCUT2D eigenvalue weighted by molar-refractivity contribution is 0.669. The second kappa shape index (κ2) is 9.28. The first kappa shape index (κ1) is 24.3. The molecule has 8 rings (SSSR count). The fourth-order valence-electron chi connectivity index (χ4n) is 6.70. The SMILES string of the molecule is C/C=C\C1=C(N)C(=C/N)/c2c(Cn3c4ccccc4c4cc(-c5ccc6oc7ccccc7c6c5)ccc43)cccc21. The predicted octanol–water partition coefficient (Wildman–Crippen LogP) is 8.97. The van der Waals surface area contributed by atoms with Crippen LogP contribution in [0.5, 0.6) is 0 Å². The van der Waals surface area contributed by atoms with Crippen molar-refractivity contribution >= 4 is 54.9 Å². The highest BCUT2D eigenvalue weighted by molar-refractivity contribution is 6.11. The predicted molar refractivity (Wildman–Crippen MR) is 176 cm³/mol. The molecule has 4 nitrogen and oxygen atoms in total. The second-order valence-electron chi connectivity index (χ2n) is 10.9. The molecule has 1 aliphatic rings. The summed E-state index contributed by atoms with van der Waals surface area (Å²) in [6, 6.07) is 36.6. The number of allylic oxidation sites excluding steroid dienone is 4. The minimum atomic E-state index is 0.702. The maximum absolute atomic E-state index is 6.59. The van der Waals surface area contributed by atoms with Crippen LogP contribution in [0.2, 0.25) is 0 Å². The minimum Gasteiger partial charge on any atom is -0.456 e. The van der Waals surface area contributed by atoms with E-state index < -0.39 is 0 Å². The summed E-state index contributed by atoms with van der Waals surface area (Å²) in [6.07, 6.45) is 5.74. The van der Waals surface area contributed by atoms with Gasteiger partial charge < -0.3 is 20.5 Å². The highest BCUT2D eigenvalue weighted by Crippen LogP contribution is 2.42. The number of aromatic nitrogens is 1. The molecular weight excluding hydrogens is 514 g/mol. The molecule has 4 heteroatoms. The summed E-state index contributed by atoms with van der Waals surface area (Å²) in [5.41, 5.74) is 25.4. The fourth-order valence-corrected chi connectivity index (χ4v) is 6.70. The Kier molecular flexibility index (Phi) is 5.38. The lowest BCUT2D eigenvalue weighted by Crippen LogP contribution is -2.05. The van der Waals surface area contributed by atoms with Crippen LogP contribution >= 0.6 is 0 Å². The Bertz CT molecular complexity index is 2310. The number of nitrogens with zero attached hydrogens (tertiary/aromatic N) is 1. The molecule has 7 aromatic rings. The van der Waals surface area contributed by atoms with Crippen LogP contribution in [0, 0.1) is 0 Å². The molecule has 0 amide bonds. The maximum Gasteiger partial charge on any atom is 0.135 e. The van der Waals surface area contributed by atoms with Crippen LogP contribution in [0.4, 0.5) is 0 Å². The molecule has 0 bridgehead atoms. The number of benzene rings is 5. The van der Waals surface area contributed by atoms with Gasteiger partial charge in [-0.3, -0.25) is 0 Å². The van der Waals surface area contributed by atoms with Crippen molar-refractivity contribution in [2.75, 3.05) is 0 Å². The maximum atomic E-state index is 6.59. The molecular formula is C38H29N3O. The molecule has 0 saturated carbocycles. The Morgan fingerprint density at radius 2 is 1.43 bits per heavy atom. The minimum absolute atomic E-state index is 0.702. The van der Waals surface area contributed by atoms with Crippen molar-refractivity contribution in [3.05, 3.63) is 144 Å². The molecule has 0 aliphatic heterocycles. The molecule has 0 spiro atoms. The number of para-hydroxylation sites is 2. The Labute approximate surface area is 243 Å². The van der Waals surface area contributed by atoms with Crippen LogP contribution in [0.1, 0.15) is 23.6 Å². The van der Waals surface area contributed by atoms with Gasteiger partial charge in [0.15, 0.2) is 0 Å². The first-order valence-electron chi connectivity index (χ1n) is 14.3. The molecule has 2 heterocycles. The molecule has 0 fully saturated rings. The van der Waals surface area contributed by atoms with Gasteiger partial charge in [0.1, 0.15) is 11.2 Å². The van der Waals surface area contributed by atoms with Gasteiger partial charge in [0.25, 0.3) is 0 Å². The number of nitrogens with two attached hydrogens (primary N) is 2. The zero-order chi connectivity index (χ0) is 28.4. The van der Waals surface area contributed by atoms with Gasteiger partial charge in [0.05, 0.1) is 0 Å². The number of fused-ring (bicyclic) bond motifs is 7. The zero-order valence-corrected chi connectivity index (χ0v) is 23.3. The Balaban J connectivity index is 1.28. The van der Waals surface area contributed by atoms with E-state index >= 15 is 0 Å². The van der Waals surface area contributed by atoms with Gasteiger partial charge in [-0.1, -0.05) is 78.9 Å². The second-order valence-corrected chi connectivity index (χ2v) is 10.9. The van der Waals surface area contributed by atoms with Gasteiger partial charge in [-0.25, -0.2) is 0 Å². The van der Waals surface area contributed by atoms with Gasteiger partial charge in [-0.05, 0) is 71.1 Å². The van der Waals surface area contributed by atoms with Gasteiger partial charge in [0.2, 0.25) is 0 Å². The van der Waals surface area contributed by atoms with Gasteiger partial charge in [-0.2, -0.15) is 0 Å². The van der Waals surface area contributed by atoms with Crippen molar-refractivity contribution in [2.24, 2.45) is 11.5 Å². The first-order chi connectivity index (χ1) is 20.7. The molecule has 42 heavy (non-hydrogen) atoms. The number of furan rings is 1. The summed E-state index contributed by atoms with van der Waals surface area (Å²) in [7, 11) is 0. The first-order valence-corrected chi connectivity index (χ1v) is 14.3. The average molecular weight is 544 g/mol. The lowest BCUT2D eigenvalue weighted by atomic mass is 9.97. The van der Waals surface area contributed by atoms with Crippen LogP contribution in [-0.4, -0.2) is 4.57 Å². The molecule has 5 aromatic carbocycles. The van der Waals surface area contributed by atoms with E-state index in [-0.39, 0.29) is 0 Å². The molecule has 2 aromatic heterocycles. The van der Waals surface area contributed by atoms with Gasteiger partial charge >= 0.3 is 0 Å². The highest BCUT2D eigenvalue weighted by Gasteiger charge is 2.26. The molecule has 0 atom stereocenters. The summed E-state index contributed by atoms with van der Waals surface area (Å²) in [5, 5.41) is 4.74. The van der Waals surface area contributed by atoms with Crippen LogP contribution in [0.15, 0.2) is 132 Å².